The second kappa shape index (κ2) is 11.1. The first-order valence-electron chi connectivity index (χ1n) is 13.5. The van der Waals surface area contributed by atoms with Crippen molar-refractivity contribution >= 4 is 11.6 Å². The lowest BCUT2D eigenvalue weighted by Gasteiger charge is -2.38. The smallest absolute Gasteiger partial charge is 0.223 e. The predicted molar refractivity (Wildman–Crippen MR) is 146 cm³/mol. The maximum Gasteiger partial charge on any atom is 0.223 e. The highest BCUT2D eigenvalue weighted by Gasteiger charge is 2.41. The molecule has 4 heterocycles. The number of benzene rings is 2. The number of hydrogen-bond acceptors (Lipinski definition) is 6. The highest BCUT2D eigenvalue weighted by Crippen LogP contribution is 2.35. The molecule has 1 unspecified atom stereocenters. The van der Waals surface area contributed by atoms with Gasteiger partial charge < -0.3 is 28.2 Å². The Kier molecular flexibility index (Phi) is 7.22. The van der Waals surface area contributed by atoms with Gasteiger partial charge in [0, 0.05) is 50.7 Å². The molecule has 8 heteroatoms. The fourth-order valence-corrected chi connectivity index (χ4v) is 5.55. The number of methoxy groups -OCH3 is 1. The zero-order valence-corrected chi connectivity index (χ0v) is 22.1. The van der Waals surface area contributed by atoms with Crippen molar-refractivity contribution in [1.82, 2.24) is 14.3 Å². The zero-order chi connectivity index (χ0) is 26.7. The van der Waals surface area contributed by atoms with Crippen molar-refractivity contribution < 1.29 is 23.7 Å². The summed E-state index contributed by atoms with van der Waals surface area (Å²) in [6, 6.07) is 21.9. The van der Waals surface area contributed by atoms with Crippen LogP contribution in [0.1, 0.15) is 42.0 Å². The van der Waals surface area contributed by atoms with Crippen LogP contribution in [0.5, 0.6) is 11.5 Å². The summed E-state index contributed by atoms with van der Waals surface area (Å²) in [6.45, 7) is 2.93. The number of likely N-dealkylation sites (tertiary alicyclic amines) is 1. The van der Waals surface area contributed by atoms with Gasteiger partial charge in [-0.2, -0.15) is 0 Å². The number of carbonyl (C=O) groups is 1. The molecule has 0 bridgehead atoms. The lowest BCUT2D eigenvalue weighted by Crippen LogP contribution is -2.47. The Morgan fingerprint density at radius 2 is 1.82 bits per heavy atom. The summed E-state index contributed by atoms with van der Waals surface area (Å²) in [7, 11) is 1.65. The fraction of sp³-hybridized carbons (Fsp3) is 0.355. The number of ether oxygens (including phenoxy) is 4. The zero-order valence-electron chi connectivity index (χ0n) is 22.1. The minimum atomic E-state index is -0.513. The highest BCUT2D eigenvalue weighted by molar-refractivity contribution is 5.78. The Labute approximate surface area is 228 Å². The van der Waals surface area contributed by atoms with Gasteiger partial charge >= 0.3 is 0 Å². The molecule has 2 aromatic carbocycles. The molecule has 2 fully saturated rings. The van der Waals surface area contributed by atoms with E-state index in [9.17, 15) is 4.79 Å². The molecule has 8 nitrogen and oxygen atoms in total. The first-order chi connectivity index (χ1) is 19.1. The average Bonchev–Trinajstić information content (AvgIpc) is 3.63. The van der Waals surface area contributed by atoms with E-state index in [0.29, 0.717) is 57.9 Å². The number of amides is 1. The number of carbonyl (C=O) groups excluding carboxylic acids is 1. The van der Waals surface area contributed by atoms with Crippen LogP contribution in [0, 0.1) is 0 Å². The summed E-state index contributed by atoms with van der Waals surface area (Å²) in [5.41, 5.74) is 3.73. The van der Waals surface area contributed by atoms with Crippen molar-refractivity contribution in [2.45, 2.75) is 37.6 Å². The summed E-state index contributed by atoms with van der Waals surface area (Å²) in [5, 5.41) is 0. The Morgan fingerprint density at radius 3 is 2.59 bits per heavy atom. The molecular formula is C31H33N3O5. The van der Waals surface area contributed by atoms with E-state index in [1.54, 1.807) is 7.11 Å². The van der Waals surface area contributed by atoms with Crippen molar-refractivity contribution in [2.75, 3.05) is 33.4 Å². The largest absolute Gasteiger partial charge is 0.497 e. The highest BCUT2D eigenvalue weighted by atomic mass is 16.7. The first-order valence-corrected chi connectivity index (χ1v) is 13.5. The summed E-state index contributed by atoms with van der Waals surface area (Å²) in [5.74, 6) is 0.812. The van der Waals surface area contributed by atoms with Crippen LogP contribution in [0.4, 0.5) is 0 Å². The van der Waals surface area contributed by atoms with Crippen LogP contribution in [0.15, 0.2) is 79.1 Å². The molecule has 202 valence electrons. The van der Waals surface area contributed by atoms with Crippen molar-refractivity contribution in [3.63, 3.8) is 0 Å². The number of rotatable bonds is 8. The van der Waals surface area contributed by atoms with Crippen LogP contribution in [0.25, 0.3) is 5.65 Å². The molecule has 4 aromatic rings. The van der Waals surface area contributed by atoms with E-state index < -0.39 is 5.79 Å². The van der Waals surface area contributed by atoms with E-state index in [2.05, 4.69) is 0 Å². The first kappa shape index (κ1) is 25.4. The van der Waals surface area contributed by atoms with Gasteiger partial charge in [-0.25, -0.2) is 4.98 Å². The van der Waals surface area contributed by atoms with E-state index in [-0.39, 0.29) is 11.8 Å². The quantitative estimate of drug-likeness (QED) is 0.328. The summed E-state index contributed by atoms with van der Waals surface area (Å²) >= 11 is 0. The standard InChI is InChI=1S/C31H33N3O5/c1-36-25-10-5-9-24(19-25)26(20-29(35)33-15-12-31(13-16-33)38-17-18-39-31)27-21-32-30-28(11-6-14-34(27)30)37-22-23-7-3-2-4-8-23/h2-11,14,19,21,26H,12-13,15-18,20,22H2,1H3. The van der Waals surface area contributed by atoms with Crippen LogP contribution < -0.4 is 9.47 Å². The average molecular weight is 528 g/mol. The third kappa shape index (κ3) is 5.35. The number of imidazole rings is 1. The maximum absolute atomic E-state index is 13.7. The van der Waals surface area contributed by atoms with Gasteiger partial charge in [0.15, 0.2) is 17.2 Å². The number of pyridine rings is 1. The number of piperidine rings is 1. The van der Waals surface area contributed by atoms with Crippen molar-refractivity contribution in [2.24, 2.45) is 0 Å². The molecular weight excluding hydrogens is 494 g/mol. The SMILES string of the molecule is COc1cccc(C(CC(=O)N2CCC3(CC2)OCCO3)c2cnc3c(OCc4ccccc4)cccn23)c1. The molecule has 6 rings (SSSR count). The molecule has 1 spiro atoms. The van der Waals surface area contributed by atoms with Crippen LogP contribution in [0.3, 0.4) is 0 Å². The maximum atomic E-state index is 13.7. The van der Waals surface area contributed by atoms with Gasteiger partial charge in [-0.05, 0) is 35.4 Å². The molecule has 0 N–H and O–H groups in total. The van der Waals surface area contributed by atoms with Crippen LogP contribution in [0.2, 0.25) is 0 Å². The van der Waals surface area contributed by atoms with Gasteiger partial charge in [0.1, 0.15) is 12.4 Å². The molecule has 0 aliphatic carbocycles. The molecule has 2 aliphatic rings. The van der Waals surface area contributed by atoms with E-state index in [1.807, 2.05) is 88.4 Å². The summed E-state index contributed by atoms with van der Waals surface area (Å²) < 4.78 is 25.4. The molecule has 2 aliphatic heterocycles. The molecule has 39 heavy (non-hydrogen) atoms. The summed E-state index contributed by atoms with van der Waals surface area (Å²) in [4.78, 5) is 20.3. The van der Waals surface area contributed by atoms with Gasteiger partial charge in [0.2, 0.25) is 5.91 Å². The number of nitrogens with zero attached hydrogens (tertiary/aromatic N) is 3. The monoisotopic (exact) mass is 527 g/mol. The third-order valence-electron chi connectivity index (χ3n) is 7.69. The fourth-order valence-electron chi connectivity index (χ4n) is 5.55. The van der Waals surface area contributed by atoms with Gasteiger partial charge in [-0.1, -0.05) is 42.5 Å². The minimum Gasteiger partial charge on any atom is -0.497 e. The predicted octanol–water partition coefficient (Wildman–Crippen LogP) is 4.81. The Hall–Kier alpha value is -3.88. The van der Waals surface area contributed by atoms with Crippen LogP contribution in [-0.2, 0) is 20.9 Å². The molecule has 1 amide bonds. The second-order valence-corrected chi connectivity index (χ2v) is 10.0. The van der Waals surface area contributed by atoms with Gasteiger partial charge in [0.05, 0.1) is 26.0 Å². The van der Waals surface area contributed by atoms with Crippen LogP contribution in [-0.4, -0.2) is 59.4 Å². The van der Waals surface area contributed by atoms with E-state index in [0.717, 1.165) is 28.2 Å². The number of hydrogen-bond donors (Lipinski definition) is 0. The molecule has 2 saturated heterocycles. The Bertz CT molecular complexity index is 1420. The van der Waals surface area contributed by atoms with Gasteiger partial charge in [-0.15, -0.1) is 0 Å². The Morgan fingerprint density at radius 1 is 1.03 bits per heavy atom. The third-order valence-corrected chi connectivity index (χ3v) is 7.69. The lowest BCUT2D eigenvalue weighted by atomic mass is 9.91. The topological polar surface area (TPSA) is 74.5 Å². The number of aromatic nitrogens is 2. The van der Waals surface area contributed by atoms with E-state index in [1.165, 1.54) is 0 Å². The summed E-state index contributed by atoms with van der Waals surface area (Å²) in [6.07, 6.45) is 5.53. The van der Waals surface area contributed by atoms with Gasteiger partial charge in [-0.3, -0.25) is 4.79 Å². The van der Waals surface area contributed by atoms with Crippen LogP contribution >= 0.6 is 0 Å². The van der Waals surface area contributed by atoms with Crippen molar-refractivity contribution in [1.29, 1.82) is 0 Å². The molecule has 2 aromatic heterocycles. The van der Waals surface area contributed by atoms with E-state index in [4.69, 9.17) is 23.9 Å². The second-order valence-electron chi connectivity index (χ2n) is 10.0. The van der Waals surface area contributed by atoms with Gasteiger partial charge in [0.25, 0.3) is 0 Å². The molecule has 0 saturated carbocycles. The molecule has 0 radical (unpaired) electrons. The van der Waals surface area contributed by atoms with Crippen molar-refractivity contribution in [3.8, 4) is 11.5 Å². The minimum absolute atomic E-state index is 0.0992. The van der Waals surface area contributed by atoms with Crippen molar-refractivity contribution in [3.05, 3.63) is 95.9 Å². The lowest BCUT2D eigenvalue weighted by molar-refractivity contribution is -0.187. The Balaban J connectivity index is 1.27. The molecule has 1 atom stereocenters. The number of fused-ring (bicyclic) bond motifs is 1. The van der Waals surface area contributed by atoms with E-state index >= 15 is 0 Å². The normalized spacial score (nSPS) is 17.4.